The Morgan fingerprint density at radius 2 is 1.50 bits per heavy atom. The number of nitrogens with one attached hydrogen (secondary N) is 2. The highest BCUT2D eigenvalue weighted by molar-refractivity contribution is 7.99. The SMILES string of the molecule is O=C(O)c1cccc(-c2cccc(S(=O)(=O)NC(=O)c3cc4cc(Sc5ccc(F)cc5)ccc4[nH]3)c2)c1. The number of carboxylic acid groups (broad SMARTS) is 1. The molecule has 0 atom stereocenters. The number of amides is 1. The summed E-state index contributed by atoms with van der Waals surface area (Å²) in [6, 6.07) is 25.1. The second kappa shape index (κ2) is 10.2. The van der Waals surface area contributed by atoms with Gasteiger partial charge in [0, 0.05) is 20.7 Å². The Balaban J connectivity index is 1.36. The van der Waals surface area contributed by atoms with Crippen molar-refractivity contribution >= 4 is 44.6 Å². The fourth-order valence-corrected chi connectivity index (χ4v) is 5.72. The highest BCUT2D eigenvalue weighted by Gasteiger charge is 2.21. The largest absolute Gasteiger partial charge is 0.478 e. The third kappa shape index (κ3) is 5.46. The third-order valence-electron chi connectivity index (χ3n) is 5.70. The van der Waals surface area contributed by atoms with E-state index < -0.39 is 21.9 Å². The van der Waals surface area contributed by atoms with Gasteiger partial charge in [0.05, 0.1) is 10.5 Å². The van der Waals surface area contributed by atoms with Crippen molar-refractivity contribution in [3.63, 3.8) is 0 Å². The summed E-state index contributed by atoms with van der Waals surface area (Å²) in [5, 5.41) is 9.94. The van der Waals surface area contributed by atoms with Crippen molar-refractivity contribution in [2.75, 3.05) is 0 Å². The van der Waals surface area contributed by atoms with Crippen molar-refractivity contribution in [3.8, 4) is 11.1 Å². The van der Waals surface area contributed by atoms with Gasteiger partial charge in [0.2, 0.25) is 0 Å². The number of hydrogen-bond acceptors (Lipinski definition) is 5. The molecule has 0 spiro atoms. The van der Waals surface area contributed by atoms with Gasteiger partial charge in [-0.15, -0.1) is 0 Å². The van der Waals surface area contributed by atoms with Crippen LogP contribution in [0, 0.1) is 5.82 Å². The van der Waals surface area contributed by atoms with Crippen molar-refractivity contribution in [1.82, 2.24) is 9.71 Å². The molecule has 3 N–H and O–H groups in total. The van der Waals surface area contributed by atoms with Crippen LogP contribution in [0.1, 0.15) is 20.8 Å². The molecule has 190 valence electrons. The summed E-state index contributed by atoms with van der Waals surface area (Å²) in [6.45, 7) is 0. The highest BCUT2D eigenvalue weighted by Crippen LogP contribution is 2.30. The van der Waals surface area contributed by atoms with Crippen LogP contribution in [0.25, 0.3) is 22.0 Å². The number of carbonyl (C=O) groups is 2. The lowest BCUT2D eigenvalue weighted by Crippen LogP contribution is -2.30. The van der Waals surface area contributed by atoms with Crippen molar-refractivity contribution in [1.29, 1.82) is 0 Å². The summed E-state index contributed by atoms with van der Waals surface area (Å²) in [5.74, 6) is -2.24. The zero-order valence-corrected chi connectivity index (χ0v) is 21.1. The number of aromatic nitrogens is 1. The Kier molecular flexibility index (Phi) is 6.75. The van der Waals surface area contributed by atoms with Gasteiger partial charge < -0.3 is 10.1 Å². The van der Waals surface area contributed by atoms with Crippen molar-refractivity contribution in [2.45, 2.75) is 14.7 Å². The summed E-state index contributed by atoms with van der Waals surface area (Å²) < 4.78 is 41.3. The molecule has 5 aromatic rings. The number of aromatic carboxylic acids is 1. The van der Waals surface area contributed by atoms with E-state index in [0.717, 1.165) is 9.79 Å². The van der Waals surface area contributed by atoms with Gasteiger partial charge in [-0.05, 0) is 83.9 Å². The van der Waals surface area contributed by atoms with E-state index in [1.54, 1.807) is 42.5 Å². The average Bonchev–Trinajstić information content (AvgIpc) is 3.34. The lowest BCUT2D eigenvalue weighted by molar-refractivity contribution is 0.0696. The molecule has 1 amide bonds. The summed E-state index contributed by atoms with van der Waals surface area (Å²) in [5.41, 5.74) is 1.80. The number of sulfonamides is 1. The fraction of sp³-hybridized carbons (Fsp3) is 0. The molecule has 5 rings (SSSR count). The molecule has 1 heterocycles. The molecular formula is C28H19FN2O5S2. The van der Waals surface area contributed by atoms with E-state index >= 15 is 0 Å². The smallest absolute Gasteiger partial charge is 0.335 e. The van der Waals surface area contributed by atoms with Crippen molar-refractivity contribution in [2.24, 2.45) is 0 Å². The van der Waals surface area contributed by atoms with E-state index in [-0.39, 0.29) is 22.0 Å². The average molecular weight is 547 g/mol. The minimum Gasteiger partial charge on any atom is -0.478 e. The summed E-state index contributed by atoms with van der Waals surface area (Å²) in [6.07, 6.45) is 0. The molecule has 0 aliphatic heterocycles. The molecule has 0 radical (unpaired) electrons. The van der Waals surface area contributed by atoms with Crippen LogP contribution >= 0.6 is 11.8 Å². The van der Waals surface area contributed by atoms with Crippen LogP contribution in [0.5, 0.6) is 0 Å². The lowest BCUT2D eigenvalue weighted by atomic mass is 10.0. The predicted molar refractivity (Wildman–Crippen MR) is 142 cm³/mol. The number of aromatic amines is 1. The van der Waals surface area contributed by atoms with Gasteiger partial charge in [-0.1, -0.05) is 36.0 Å². The normalized spacial score (nSPS) is 11.4. The second-order valence-electron chi connectivity index (χ2n) is 8.34. The van der Waals surface area contributed by atoms with Crippen LogP contribution in [-0.4, -0.2) is 30.4 Å². The number of halogens is 1. The molecule has 0 saturated carbocycles. The number of carbonyl (C=O) groups excluding carboxylic acids is 1. The van der Waals surface area contributed by atoms with Crippen LogP contribution in [0.3, 0.4) is 0 Å². The van der Waals surface area contributed by atoms with Gasteiger partial charge in [-0.3, -0.25) is 4.79 Å². The van der Waals surface area contributed by atoms with Crippen molar-refractivity contribution < 1.29 is 27.5 Å². The Labute approximate surface area is 221 Å². The number of hydrogen-bond donors (Lipinski definition) is 3. The summed E-state index contributed by atoms with van der Waals surface area (Å²) >= 11 is 1.43. The summed E-state index contributed by atoms with van der Waals surface area (Å²) in [4.78, 5) is 28.6. The van der Waals surface area contributed by atoms with Gasteiger partial charge in [0.25, 0.3) is 15.9 Å². The molecule has 0 fully saturated rings. The van der Waals surface area contributed by atoms with E-state index in [0.29, 0.717) is 22.0 Å². The standard InChI is InChI=1S/C28H19FN2O5S2/c29-21-7-9-22(10-8-21)37-23-11-12-25-20(14-23)16-26(30-25)27(32)31-38(35,36)24-6-2-4-18(15-24)17-3-1-5-19(13-17)28(33)34/h1-16,30H,(H,31,32)(H,33,34). The maximum Gasteiger partial charge on any atom is 0.335 e. The minimum atomic E-state index is -4.23. The molecule has 0 unspecified atom stereocenters. The number of benzene rings is 4. The quantitative estimate of drug-likeness (QED) is 0.233. The molecule has 38 heavy (non-hydrogen) atoms. The Morgan fingerprint density at radius 1 is 0.816 bits per heavy atom. The zero-order valence-electron chi connectivity index (χ0n) is 19.5. The minimum absolute atomic E-state index is 0.0674. The van der Waals surface area contributed by atoms with Crippen LogP contribution in [0.15, 0.2) is 112 Å². The van der Waals surface area contributed by atoms with Gasteiger partial charge in [-0.2, -0.15) is 0 Å². The van der Waals surface area contributed by atoms with Crippen LogP contribution in [0.4, 0.5) is 4.39 Å². The number of H-pyrrole nitrogens is 1. The summed E-state index contributed by atoms with van der Waals surface area (Å²) in [7, 11) is -4.23. The first-order chi connectivity index (χ1) is 18.2. The van der Waals surface area contributed by atoms with E-state index in [2.05, 4.69) is 9.71 Å². The fourth-order valence-electron chi connectivity index (χ4n) is 3.85. The number of fused-ring (bicyclic) bond motifs is 1. The lowest BCUT2D eigenvalue weighted by Gasteiger charge is -2.09. The maximum atomic E-state index is 13.2. The first-order valence-corrected chi connectivity index (χ1v) is 13.5. The maximum absolute atomic E-state index is 13.2. The molecule has 0 aliphatic rings. The van der Waals surface area contributed by atoms with Gasteiger partial charge >= 0.3 is 5.97 Å². The predicted octanol–water partition coefficient (Wildman–Crippen LogP) is 5.94. The van der Waals surface area contributed by atoms with Crippen LogP contribution < -0.4 is 4.72 Å². The Morgan fingerprint density at radius 3 is 2.24 bits per heavy atom. The number of carboxylic acids is 1. The topological polar surface area (TPSA) is 116 Å². The molecule has 7 nitrogen and oxygen atoms in total. The second-order valence-corrected chi connectivity index (χ2v) is 11.2. The van der Waals surface area contributed by atoms with E-state index in [1.807, 2.05) is 12.1 Å². The molecule has 0 saturated heterocycles. The molecule has 10 heteroatoms. The van der Waals surface area contributed by atoms with Gasteiger partial charge in [0.15, 0.2) is 0 Å². The molecular weight excluding hydrogens is 527 g/mol. The Hall–Kier alpha value is -4.41. The van der Waals surface area contributed by atoms with Gasteiger partial charge in [-0.25, -0.2) is 22.3 Å². The first-order valence-electron chi connectivity index (χ1n) is 11.3. The molecule has 4 aromatic carbocycles. The van der Waals surface area contributed by atoms with Gasteiger partial charge in [0.1, 0.15) is 11.5 Å². The van der Waals surface area contributed by atoms with E-state index in [4.69, 9.17) is 0 Å². The third-order valence-corrected chi connectivity index (χ3v) is 8.03. The van der Waals surface area contributed by atoms with Crippen LogP contribution in [0.2, 0.25) is 0 Å². The molecule has 1 aromatic heterocycles. The first kappa shape index (κ1) is 25.2. The zero-order chi connectivity index (χ0) is 26.9. The highest BCUT2D eigenvalue weighted by atomic mass is 32.2. The monoisotopic (exact) mass is 546 g/mol. The molecule has 0 aliphatic carbocycles. The van der Waals surface area contributed by atoms with Crippen molar-refractivity contribution in [3.05, 3.63) is 114 Å². The van der Waals surface area contributed by atoms with E-state index in [1.165, 1.54) is 54.2 Å². The van der Waals surface area contributed by atoms with E-state index in [9.17, 15) is 27.5 Å². The number of rotatable bonds is 7. The Bertz CT molecular complexity index is 1800. The molecule has 0 bridgehead atoms. The van der Waals surface area contributed by atoms with Crippen LogP contribution in [-0.2, 0) is 10.0 Å².